The third kappa shape index (κ3) is 28.2. The molecule has 1 aliphatic rings. The minimum atomic E-state index is -0.413. The summed E-state index contributed by atoms with van der Waals surface area (Å²) in [6, 6.07) is 0. The quantitative estimate of drug-likeness (QED) is 0.0300. The standard InChI is InChI=1S/C42H78NO5/c1-4-6-8-10-12-14-16-18-20-22-24-26-28-30-32-41(44)47-39-40(38-43(3)34-36-46-37-35-43)48-42(45)33-31-29-27-25-23-21-19-17-15-13-11-9-7-5-2/h18-21,40H,4-17,22-39H2,1-3H3/q+1. The molecule has 48 heavy (non-hydrogen) atoms. The summed E-state index contributed by atoms with van der Waals surface area (Å²) in [5.41, 5.74) is 0. The molecule has 0 aromatic heterocycles. The predicted octanol–water partition coefficient (Wildman–Crippen LogP) is 11.2. The summed E-state index contributed by atoms with van der Waals surface area (Å²) in [6.45, 7) is 8.50. The highest BCUT2D eigenvalue weighted by molar-refractivity contribution is 5.70. The number of unbranched alkanes of at least 4 members (excludes halogenated alkanes) is 20. The van der Waals surface area contributed by atoms with Crippen LogP contribution in [0.25, 0.3) is 0 Å². The molecule has 0 radical (unpaired) electrons. The van der Waals surface area contributed by atoms with Gasteiger partial charge >= 0.3 is 11.9 Å². The van der Waals surface area contributed by atoms with Gasteiger partial charge in [0.25, 0.3) is 0 Å². The van der Waals surface area contributed by atoms with Crippen molar-refractivity contribution in [3.05, 3.63) is 24.3 Å². The summed E-state index contributed by atoms with van der Waals surface area (Å²) in [6.07, 6.45) is 39.1. The van der Waals surface area contributed by atoms with Gasteiger partial charge in [-0.1, -0.05) is 128 Å². The molecular weight excluding hydrogens is 598 g/mol. The van der Waals surface area contributed by atoms with E-state index in [4.69, 9.17) is 14.2 Å². The summed E-state index contributed by atoms with van der Waals surface area (Å²) >= 11 is 0. The lowest BCUT2D eigenvalue weighted by molar-refractivity contribution is -0.919. The molecule has 1 aliphatic heterocycles. The summed E-state index contributed by atoms with van der Waals surface area (Å²) in [4.78, 5) is 25.3. The van der Waals surface area contributed by atoms with Gasteiger partial charge in [-0.2, -0.15) is 0 Å². The molecule has 1 rings (SSSR count). The average Bonchev–Trinajstić information content (AvgIpc) is 3.07. The number of likely N-dealkylation sites (N-methyl/N-ethyl adjacent to an activating group) is 1. The second kappa shape index (κ2) is 32.5. The number of hydrogen-bond donors (Lipinski definition) is 0. The first-order valence-electron chi connectivity index (χ1n) is 20.6. The summed E-state index contributed by atoms with van der Waals surface area (Å²) in [5, 5.41) is 0. The lowest BCUT2D eigenvalue weighted by Gasteiger charge is -2.39. The van der Waals surface area contributed by atoms with Crippen LogP contribution in [0.2, 0.25) is 0 Å². The monoisotopic (exact) mass is 677 g/mol. The number of allylic oxidation sites excluding steroid dienone is 4. The van der Waals surface area contributed by atoms with Crippen molar-refractivity contribution < 1.29 is 28.3 Å². The minimum absolute atomic E-state index is 0.147. The highest BCUT2D eigenvalue weighted by Gasteiger charge is 2.31. The van der Waals surface area contributed by atoms with Gasteiger partial charge in [-0.05, 0) is 64.2 Å². The number of carbonyl (C=O) groups excluding carboxylic acids is 2. The van der Waals surface area contributed by atoms with E-state index in [1.54, 1.807) is 0 Å². The van der Waals surface area contributed by atoms with Crippen molar-refractivity contribution in [2.45, 2.75) is 187 Å². The first-order valence-corrected chi connectivity index (χ1v) is 20.6. The van der Waals surface area contributed by atoms with Crippen LogP contribution in [0.1, 0.15) is 181 Å². The Labute approximate surface area is 297 Å². The van der Waals surface area contributed by atoms with Crippen LogP contribution < -0.4 is 0 Å². The molecule has 1 saturated heterocycles. The van der Waals surface area contributed by atoms with Crippen molar-refractivity contribution in [3.63, 3.8) is 0 Å². The van der Waals surface area contributed by atoms with Crippen LogP contribution in [-0.4, -0.2) is 69.0 Å². The molecule has 1 atom stereocenters. The van der Waals surface area contributed by atoms with E-state index in [-0.39, 0.29) is 18.5 Å². The Morgan fingerprint density at radius 2 is 0.979 bits per heavy atom. The molecule has 6 nitrogen and oxygen atoms in total. The molecule has 280 valence electrons. The molecule has 6 heteroatoms. The van der Waals surface area contributed by atoms with Crippen molar-refractivity contribution in [1.29, 1.82) is 0 Å². The Morgan fingerprint density at radius 3 is 1.44 bits per heavy atom. The molecule has 0 aromatic carbocycles. The van der Waals surface area contributed by atoms with Crippen molar-refractivity contribution in [1.82, 2.24) is 0 Å². The maximum atomic E-state index is 12.8. The number of quaternary nitrogens is 1. The van der Waals surface area contributed by atoms with Crippen molar-refractivity contribution in [3.8, 4) is 0 Å². The van der Waals surface area contributed by atoms with E-state index in [9.17, 15) is 9.59 Å². The van der Waals surface area contributed by atoms with Crippen LogP contribution in [0.15, 0.2) is 24.3 Å². The van der Waals surface area contributed by atoms with Gasteiger partial charge < -0.3 is 18.7 Å². The molecule has 0 aromatic rings. The number of carbonyl (C=O) groups is 2. The zero-order valence-electron chi connectivity index (χ0n) is 32.0. The predicted molar refractivity (Wildman–Crippen MR) is 202 cm³/mol. The third-order valence-electron chi connectivity index (χ3n) is 9.71. The normalized spacial score (nSPS) is 15.3. The zero-order chi connectivity index (χ0) is 34.8. The third-order valence-corrected chi connectivity index (χ3v) is 9.71. The lowest BCUT2D eigenvalue weighted by Crippen LogP contribution is -2.56. The van der Waals surface area contributed by atoms with Gasteiger partial charge in [-0.3, -0.25) is 9.59 Å². The highest BCUT2D eigenvalue weighted by atomic mass is 16.6. The van der Waals surface area contributed by atoms with Crippen LogP contribution in [0.3, 0.4) is 0 Å². The smallest absolute Gasteiger partial charge is 0.306 e. The second-order valence-electron chi connectivity index (χ2n) is 14.6. The topological polar surface area (TPSA) is 61.8 Å². The molecule has 1 fully saturated rings. The minimum Gasteiger partial charge on any atom is -0.461 e. The van der Waals surface area contributed by atoms with Crippen LogP contribution in [0.5, 0.6) is 0 Å². The van der Waals surface area contributed by atoms with Crippen LogP contribution in [-0.2, 0) is 23.8 Å². The molecule has 0 aliphatic carbocycles. The van der Waals surface area contributed by atoms with Gasteiger partial charge in [0, 0.05) is 12.8 Å². The van der Waals surface area contributed by atoms with Crippen LogP contribution in [0, 0.1) is 0 Å². The largest absolute Gasteiger partial charge is 0.461 e. The fourth-order valence-corrected chi connectivity index (χ4v) is 6.41. The van der Waals surface area contributed by atoms with Gasteiger partial charge in [0.15, 0.2) is 6.10 Å². The van der Waals surface area contributed by atoms with E-state index < -0.39 is 6.10 Å². The fourth-order valence-electron chi connectivity index (χ4n) is 6.41. The molecular formula is C42H78NO5+. The van der Waals surface area contributed by atoms with Gasteiger partial charge in [0.2, 0.25) is 0 Å². The van der Waals surface area contributed by atoms with Crippen LogP contribution >= 0.6 is 0 Å². The molecule has 1 unspecified atom stereocenters. The maximum absolute atomic E-state index is 12.8. The van der Waals surface area contributed by atoms with E-state index in [1.807, 2.05) is 0 Å². The number of rotatable bonds is 33. The van der Waals surface area contributed by atoms with Gasteiger partial charge in [-0.25, -0.2) is 0 Å². The van der Waals surface area contributed by atoms with Crippen molar-refractivity contribution >= 4 is 11.9 Å². The Morgan fingerprint density at radius 1 is 0.583 bits per heavy atom. The van der Waals surface area contributed by atoms with E-state index in [1.165, 1.54) is 103 Å². The second-order valence-corrected chi connectivity index (χ2v) is 14.6. The highest BCUT2D eigenvalue weighted by Crippen LogP contribution is 2.15. The molecule has 0 spiro atoms. The van der Waals surface area contributed by atoms with Gasteiger partial charge in [-0.15, -0.1) is 0 Å². The van der Waals surface area contributed by atoms with E-state index in [0.717, 1.165) is 68.9 Å². The molecule has 0 amide bonds. The number of nitrogens with zero attached hydrogens (tertiary/aromatic N) is 1. The van der Waals surface area contributed by atoms with Gasteiger partial charge in [0.1, 0.15) is 26.2 Å². The van der Waals surface area contributed by atoms with Crippen molar-refractivity contribution in [2.75, 3.05) is 46.5 Å². The SMILES string of the molecule is CCCCCCCCC=CCCCCCCC(=O)OCC(C[N+]1(C)CCOCC1)OC(=O)CCCCCCC=CCCCCCCCC. The molecule has 0 N–H and O–H groups in total. The fraction of sp³-hybridized carbons (Fsp3) is 0.857. The zero-order valence-corrected chi connectivity index (χ0v) is 32.0. The Kier molecular flexibility index (Phi) is 30.1. The van der Waals surface area contributed by atoms with Crippen LogP contribution in [0.4, 0.5) is 0 Å². The number of hydrogen-bond acceptors (Lipinski definition) is 5. The Bertz CT molecular complexity index is 804. The lowest BCUT2D eigenvalue weighted by atomic mass is 10.1. The number of esters is 2. The number of ether oxygens (including phenoxy) is 3. The Hall–Kier alpha value is -1.66. The van der Waals surface area contributed by atoms with E-state index in [2.05, 4.69) is 45.2 Å². The van der Waals surface area contributed by atoms with E-state index >= 15 is 0 Å². The first kappa shape index (κ1) is 44.4. The maximum Gasteiger partial charge on any atom is 0.306 e. The Balaban J connectivity index is 2.20. The summed E-state index contributed by atoms with van der Waals surface area (Å²) in [5.74, 6) is -0.351. The summed E-state index contributed by atoms with van der Waals surface area (Å²) in [7, 11) is 2.18. The average molecular weight is 677 g/mol. The molecule has 1 heterocycles. The van der Waals surface area contributed by atoms with Gasteiger partial charge in [0.05, 0.1) is 20.3 Å². The first-order chi connectivity index (χ1) is 23.5. The van der Waals surface area contributed by atoms with E-state index in [0.29, 0.717) is 32.6 Å². The summed E-state index contributed by atoms with van der Waals surface area (Å²) < 4.78 is 17.9. The molecule has 0 bridgehead atoms. The molecule has 0 saturated carbocycles. The number of morpholine rings is 1. The van der Waals surface area contributed by atoms with Crippen molar-refractivity contribution in [2.24, 2.45) is 0 Å².